The molecule has 216 valence electrons. The smallest absolute Gasteiger partial charge is 0.384 e. The second-order valence-corrected chi connectivity index (χ2v) is 11.9. The zero-order valence-electron chi connectivity index (χ0n) is 23.0. The molecule has 1 saturated heterocycles. The fourth-order valence-electron chi connectivity index (χ4n) is 6.26. The molecule has 0 radical (unpaired) electrons. The molecular formula is C30H37F3N4O3. The lowest BCUT2D eigenvalue weighted by Gasteiger charge is -2.36. The molecule has 0 bridgehead atoms. The van der Waals surface area contributed by atoms with E-state index < -0.39 is 23.4 Å². The summed E-state index contributed by atoms with van der Waals surface area (Å²) < 4.78 is 39.3. The number of alkyl halides is 3. The van der Waals surface area contributed by atoms with E-state index in [1.54, 1.807) is 11.0 Å². The number of hydrogen-bond acceptors (Lipinski definition) is 6. The molecule has 2 fully saturated rings. The van der Waals surface area contributed by atoms with Gasteiger partial charge in [0.15, 0.2) is 0 Å². The molecule has 1 unspecified atom stereocenters. The van der Waals surface area contributed by atoms with Crippen LogP contribution in [0.25, 0.3) is 0 Å². The van der Waals surface area contributed by atoms with Crippen molar-refractivity contribution in [2.24, 2.45) is 17.0 Å². The van der Waals surface area contributed by atoms with Crippen LogP contribution in [0.4, 0.5) is 13.2 Å². The maximum Gasteiger partial charge on any atom is 0.416 e. The van der Waals surface area contributed by atoms with Gasteiger partial charge in [0, 0.05) is 37.8 Å². The Morgan fingerprint density at radius 1 is 1.15 bits per heavy atom. The van der Waals surface area contributed by atoms with E-state index in [1.165, 1.54) is 6.07 Å². The van der Waals surface area contributed by atoms with E-state index in [0.29, 0.717) is 49.0 Å². The molecule has 0 spiro atoms. The standard InChI is InChI=1S/C30H37F3N4O3/c1-36(2)18-22-6-7-27(34-17-22)29(39)11-8-20(9-12-29)14-21-10-13-37(19-21)28(38)26-16-25(35-40-26)23-4-3-5-24(15-23)30(31,32)33/h3-7,15,17,20-21,26,39H,8-14,16,18-19H2,1-2H3/t20?,21-,26?,29?/m1/s1. The van der Waals surface area contributed by atoms with Gasteiger partial charge in [-0.2, -0.15) is 13.2 Å². The Hall–Kier alpha value is -2.98. The first kappa shape index (κ1) is 28.5. The van der Waals surface area contributed by atoms with E-state index in [0.717, 1.165) is 55.6 Å². The predicted octanol–water partition coefficient (Wildman–Crippen LogP) is 4.97. The van der Waals surface area contributed by atoms with Gasteiger partial charge in [-0.05, 0) is 88.2 Å². The number of oxime groups is 1. The normalized spacial score (nSPS) is 27.1. The number of halogens is 3. The Kier molecular flexibility index (Phi) is 8.20. The summed E-state index contributed by atoms with van der Waals surface area (Å²) in [5, 5.41) is 15.2. The van der Waals surface area contributed by atoms with Crippen molar-refractivity contribution < 1.29 is 27.9 Å². The average molecular weight is 559 g/mol. The highest BCUT2D eigenvalue weighted by atomic mass is 19.4. The monoisotopic (exact) mass is 558 g/mol. The molecule has 10 heteroatoms. The summed E-state index contributed by atoms with van der Waals surface area (Å²) in [5.74, 6) is 0.718. The zero-order valence-corrected chi connectivity index (χ0v) is 23.0. The van der Waals surface area contributed by atoms with E-state index in [2.05, 4.69) is 15.0 Å². The number of aliphatic hydroxyl groups is 1. The van der Waals surface area contributed by atoms with Crippen LogP contribution in [0, 0.1) is 11.8 Å². The number of likely N-dealkylation sites (tertiary alicyclic amines) is 1. The average Bonchev–Trinajstić information content (AvgIpc) is 3.60. The molecule has 3 heterocycles. The highest BCUT2D eigenvalue weighted by molar-refractivity contribution is 6.04. The van der Waals surface area contributed by atoms with Crippen molar-refractivity contribution in [2.75, 3.05) is 27.2 Å². The van der Waals surface area contributed by atoms with E-state index >= 15 is 0 Å². The molecule has 2 aromatic rings. The number of hydrogen-bond donors (Lipinski definition) is 1. The summed E-state index contributed by atoms with van der Waals surface area (Å²) in [6.45, 7) is 2.10. The van der Waals surface area contributed by atoms with Gasteiger partial charge < -0.3 is 19.7 Å². The van der Waals surface area contributed by atoms with Gasteiger partial charge in [0.25, 0.3) is 5.91 Å². The van der Waals surface area contributed by atoms with E-state index in [4.69, 9.17) is 4.84 Å². The fraction of sp³-hybridized carbons (Fsp3) is 0.567. The molecule has 2 atom stereocenters. The van der Waals surface area contributed by atoms with Crippen molar-refractivity contribution in [3.63, 3.8) is 0 Å². The Balaban J connectivity index is 1.09. The van der Waals surface area contributed by atoms with Gasteiger partial charge in [0.2, 0.25) is 6.10 Å². The van der Waals surface area contributed by atoms with E-state index in [1.807, 2.05) is 32.4 Å². The molecule has 1 N–H and O–H groups in total. The number of aromatic nitrogens is 1. The first-order chi connectivity index (χ1) is 19.0. The SMILES string of the molecule is CN(C)Cc1ccc(C2(O)CCC(C[C@H]3CCN(C(=O)C4CC(c5cccc(C(F)(F)F)c5)=NO4)C3)CC2)nc1. The van der Waals surface area contributed by atoms with Gasteiger partial charge in [-0.25, -0.2) is 0 Å². The Morgan fingerprint density at radius 3 is 2.60 bits per heavy atom. The van der Waals surface area contributed by atoms with Crippen LogP contribution >= 0.6 is 0 Å². The highest BCUT2D eigenvalue weighted by Crippen LogP contribution is 2.42. The maximum absolute atomic E-state index is 13.1. The number of carbonyl (C=O) groups is 1. The number of nitrogens with zero attached hydrogens (tertiary/aromatic N) is 4. The number of benzene rings is 1. The molecule has 40 heavy (non-hydrogen) atoms. The maximum atomic E-state index is 13.1. The first-order valence-electron chi connectivity index (χ1n) is 14.0. The fourth-order valence-corrected chi connectivity index (χ4v) is 6.26. The van der Waals surface area contributed by atoms with Crippen LogP contribution in [0.15, 0.2) is 47.8 Å². The quantitative estimate of drug-likeness (QED) is 0.519. The lowest BCUT2D eigenvalue weighted by atomic mass is 9.74. The molecule has 5 rings (SSSR count). The number of carbonyl (C=O) groups excluding carboxylic acids is 1. The Labute approximate surface area is 233 Å². The molecule has 2 aliphatic heterocycles. The molecule has 1 aromatic heterocycles. The molecule has 1 amide bonds. The molecule has 1 aromatic carbocycles. The van der Waals surface area contributed by atoms with Crippen molar-refractivity contribution in [3.8, 4) is 0 Å². The van der Waals surface area contributed by atoms with Gasteiger partial charge in [-0.3, -0.25) is 9.78 Å². The van der Waals surface area contributed by atoms with Crippen molar-refractivity contribution in [3.05, 3.63) is 65.0 Å². The van der Waals surface area contributed by atoms with Gasteiger partial charge in [-0.15, -0.1) is 0 Å². The molecule has 3 aliphatic rings. The Bertz CT molecular complexity index is 1220. The lowest BCUT2D eigenvalue weighted by molar-refractivity contribution is -0.141. The second-order valence-electron chi connectivity index (χ2n) is 11.9. The van der Waals surface area contributed by atoms with Gasteiger partial charge in [0.1, 0.15) is 5.60 Å². The third-order valence-electron chi connectivity index (χ3n) is 8.46. The molecule has 1 saturated carbocycles. The first-order valence-corrected chi connectivity index (χ1v) is 14.0. The summed E-state index contributed by atoms with van der Waals surface area (Å²) in [7, 11) is 4.03. The highest BCUT2D eigenvalue weighted by Gasteiger charge is 2.40. The van der Waals surface area contributed by atoms with E-state index in [-0.39, 0.29) is 12.3 Å². The summed E-state index contributed by atoms with van der Waals surface area (Å²) in [6.07, 6.45) is 1.88. The molecular weight excluding hydrogens is 521 g/mol. The summed E-state index contributed by atoms with van der Waals surface area (Å²) in [5.41, 5.74) is 0.905. The van der Waals surface area contributed by atoms with Crippen LogP contribution in [-0.4, -0.2) is 64.8 Å². The van der Waals surface area contributed by atoms with Gasteiger partial charge >= 0.3 is 6.18 Å². The summed E-state index contributed by atoms with van der Waals surface area (Å²) in [6, 6.07) is 8.94. The van der Waals surface area contributed by atoms with Crippen molar-refractivity contribution in [1.82, 2.24) is 14.8 Å². The van der Waals surface area contributed by atoms with Crippen LogP contribution in [0.2, 0.25) is 0 Å². The van der Waals surface area contributed by atoms with Gasteiger partial charge in [-0.1, -0.05) is 23.4 Å². The van der Waals surface area contributed by atoms with Gasteiger partial charge in [0.05, 0.1) is 17.0 Å². The third kappa shape index (κ3) is 6.49. The van der Waals surface area contributed by atoms with Crippen LogP contribution < -0.4 is 0 Å². The minimum Gasteiger partial charge on any atom is -0.384 e. The zero-order chi connectivity index (χ0) is 28.5. The molecule has 7 nitrogen and oxygen atoms in total. The van der Waals surface area contributed by atoms with Crippen molar-refractivity contribution >= 4 is 11.6 Å². The minimum absolute atomic E-state index is 0.157. The van der Waals surface area contributed by atoms with Crippen molar-refractivity contribution in [2.45, 2.75) is 69.4 Å². The topological polar surface area (TPSA) is 78.3 Å². The largest absolute Gasteiger partial charge is 0.416 e. The number of rotatable bonds is 7. The predicted molar refractivity (Wildman–Crippen MR) is 144 cm³/mol. The third-order valence-corrected chi connectivity index (χ3v) is 8.46. The van der Waals surface area contributed by atoms with E-state index in [9.17, 15) is 23.1 Å². The lowest BCUT2D eigenvalue weighted by Crippen LogP contribution is -2.38. The van der Waals surface area contributed by atoms with Crippen LogP contribution in [0.3, 0.4) is 0 Å². The van der Waals surface area contributed by atoms with Crippen LogP contribution in [0.1, 0.15) is 67.3 Å². The summed E-state index contributed by atoms with van der Waals surface area (Å²) in [4.78, 5) is 27.0. The number of pyridine rings is 1. The summed E-state index contributed by atoms with van der Waals surface area (Å²) >= 11 is 0. The number of amides is 1. The second kappa shape index (κ2) is 11.5. The Morgan fingerprint density at radius 2 is 1.93 bits per heavy atom. The molecule has 1 aliphatic carbocycles. The van der Waals surface area contributed by atoms with Crippen LogP contribution in [-0.2, 0) is 28.0 Å². The van der Waals surface area contributed by atoms with Crippen molar-refractivity contribution in [1.29, 1.82) is 0 Å². The minimum atomic E-state index is -4.44. The van der Waals surface area contributed by atoms with Crippen LogP contribution in [0.5, 0.6) is 0 Å².